The lowest BCUT2D eigenvalue weighted by Crippen LogP contribution is -2.32. The first-order valence-electron chi connectivity index (χ1n) is 6.87. The number of amides is 2. The molecule has 0 saturated carbocycles. The third kappa shape index (κ3) is 4.85. The van der Waals surface area contributed by atoms with E-state index in [0.29, 0.717) is 10.6 Å². The SMILES string of the molecule is COc1cccc(C=NNC(=O)C(=O)Nc2cc(Cl)ccc2Cl)c1O. The van der Waals surface area contributed by atoms with Gasteiger partial charge in [-0.2, -0.15) is 5.10 Å². The van der Waals surface area contributed by atoms with Crippen LogP contribution in [0.15, 0.2) is 41.5 Å². The Labute approximate surface area is 153 Å². The Kier molecular flexibility index (Phi) is 6.21. The van der Waals surface area contributed by atoms with Crippen molar-refractivity contribution in [3.8, 4) is 11.5 Å². The van der Waals surface area contributed by atoms with Crippen LogP contribution >= 0.6 is 23.2 Å². The lowest BCUT2D eigenvalue weighted by atomic mass is 10.2. The largest absolute Gasteiger partial charge is 0.504 e. The molecule has 2 aromatic rings. The lowest BCUT2D eigenvalue weighted by Gasteiger charge is -2.07. The standard InChI is InChI=1S/C16H13Cl2N3O4/c1-25-13-4-2-3-9(14(13)22)8-19-21-16(24)15(23)20-12-7-10(17)5-6-11(12)18/h2-8,22H,1H3,(H,20,23)(H,21,24). The highest BCUT2D eigenvalue weighted by atomic mass is 35.5. The molecule has 0 atom stereocenters. The Bertz CT molecular complexity index is 840. The van der Waals surface area contributed by atoms with Crippen LogP contribution in [0.5, 0.6) is 11.5 Å². The zero-order valence-corrected chi connectivity index (χ0v) is 14.4. The first kappa shape index (κ1) is 18.6. The van der Waals surface area contributed by atoms with Crippen molar-refractivity contribution in [1.29, 1.82) is 0 Å². The zero-order valence-electron chi connectivity index (χ0n) is 12.9. The predicted molar refractivity (Wildman–Crippen MR) is 95.5 cm³/mol. The van der Waals surface area contributed by atoms with Gasteiger partial charge in [0.1, 0.15) is 0 Å². The van der Waals surface area contributed by atoms with Crippen molar-refractivity contribution in [1.82, 2.24) is 5.43 Å². The van der Waals surface area contributed by atoms with Gasteiger partial charge in [-0.1, -0.05) is 29.3 Å². The van der Waals surface area contributed by atoms with E-state index in [1.807, 2.05) is 5.43 Å². The average Bonchev–Trinajstić information content (AvgIpc) is 2.59. The summed E-state index contributed by atoms with van der Waals surface area (Å²) in [4.78, 5) is 23.6. The molecule has 3 N–H and O–H groups in total. The highest BCUT2D eigenvalue weighted by molar-refractivity contribution is 6.42. The summed E-state index contributed by atoms with van der Waals surface area (Å²) >= 11 is 11.7. The van der Waals surface area contributed by atoms with Crippen LogP contribution in [0, 0.1) is 0 Å². The van der Waals surface area contributed by atoms with Crippen LogP contribution < -0.4 is 15.5 Å². The normalized spacial score (nSPS) is 10.5. The third-order valence-corrected chi connectivity index (χ3v) is 3.57. The van der Waals surface area contributed by atoms with Crippen molar-refractivity contribution in [2.45, 2.75) is 0 Å². The number of hydrazone groups is 1. The lowest BCUT2D eigenvalue weighted by molar-refractivity contribution is -0.136. The van der Waals surface area contributed by atoms with Crippen molar-refractivity contribution in [2.75, 3.05) is 12.4 Å². The number of rotatable bonds is 4. The Balaban J connectivity index is 2.00. The van der Waals surface area contributed by atoms with E-state index in [-0.39, 0.29) is 22.2 Å². The van der Waals surface area contributed by atoms with Gasteiger partial charge < -0.3 is 15.2 Å². The first-order valence-corrected chi connectivity index (χ1v) is 7.63. The number of halogens is 2. The zero-order chi connectivity index (χ0) is 18.4. The molecule has 0 fully saturated rings. The molecule has 0 spiro atoms. The number of phenolic OH excluding ortho intramolecular Hbond substituents is 1. The number of benzene rings is 2. The molecule has 0 aromatic heterocycles. The van der Waals surface area contributed by atoms with Gasteiger partial charge in [0, 0.05) is 10.6 Å². The first-order chi connectivity index (χ1) is 11.9. The number of para-hydroxylation sites is 1. The van der Waals surface area contributed by atoms with Crippen molar-refractivity contribution in [3.63, 3.8) is 0 Å². The number of ether oxygens (including phenoxy) is 1. The highest BCUT2D eigenvalue weighted by Gasteiger charge is 2.15. The molecular formula is C16H13Cl2N3O4. The number of carbonyl (C=O) groups is 2. The van der Waals surface area contributed by atoms with Crippen LogP contribution in [0.1, 0.15) is 5.56 Å². The van der Waals surface area contributed by atoms with Crippen LogP contribution in [-0.4, -0.2) is 30.2 Å². The second-order valence-corrected chi connectivity index (χ2v) is 5.52. The van der Waals surface area contributed by atoms with Gasteiger partial charge in [-0.3, -0.25) is 9.59 Å². The van der Waals surface area contributed by atoms with Crippen LogP contribution in [-0.2, 0) is 9.59 Å². The van der Waals surface area contributed by atoms with Crippen molar-refractivity contribution in [3.05, 3.63) is 52.0 Å². The van der Waals surface area contributed by atoms with Crippen LogP contribution in [0.4, 0.5) is 5.69 Å². The highest BCUT2D eigenvalue weighted by Crippen LogP contribution is 2.28. The molecule has 0 heterocycles. The number of hydrogen-bond donors (Lipinski definition) is 3. The molecular weight excluding hydrogens is 369 g/mol. The summed E-state index contributed by atoms with van der Waals surface area (Å²) in [5, 5.41) is 16.4. The number of nitrogens with zero attached hydrogens (tertiary/aromatic N) is 1. The van der Waals surface area contributed by atoms with Crippen LogP contribution in [0.25, 0.3) is 0 Å². The number of methoxy groups -OCH3 is 1. The van der Waals surface area contributed by atoms with Crippen molar-refractivity contribution >= 4 is 46.9 Å². The Morgan fingerprint density at radius 3 is 2.68 bits per heavy atom. The minimum absolute atomic E-state index is 0.141. The van der Waals surface area contributed by atoms with Gasteiger partial charge in [0.2, 0.25) is 0 Å². The number of phenols is 1. The Morgan fingerprint density at radius 2 is 1.96 bits per heavy atom. The van der Waals surface area contributed by atoms with Gasteiger partial charge in [-0.15, -0.1) is 0 Å². The fourth-order valence-corrected chi connectivity index (χ4v) is 2.13. The molecule has 0 unspecified atom stereocenters. The summed E-state index contributed by atoms with van der Waals surface area (Å²) in [5.74, 6) is -1.88. The monoisotopic (exact) mass is 381 g/mol. The van der Waals surface area contributed by atoms with Gasteiger partial charge in [0.15, 0.2) is 11.5 Å². The van der Waals surface area contributed by atoms with Crippen molar-refractivity contribution in [2.24, 2.45) is 5.10 Å². The fraction of sp³-hybridized carbons (Fsp3) is 0.0625. The summed E-state index contributed by atoms with van der Waals surface area (Å²) in [6, 6.07) is 9.20. The molecule has 0 radical (unpaired) electrons. The van der Waals surface area contributed by atoms with Gasteiger partial charge in [-0.05, 0) is 30.3 Å². The summed E-state index contributed by atoms with van der Waals surface area (Å²) in [6.07, 6.45) is 1.18. The number of carbonyl (C=O) groups excluding carboxylic acids is 2. The quantitative estimate of drug-likeness (QED) is 0.430. The molecule has 0 saturated heterocycles. The molecule has 2 rings (SSSR count). The fourth-order valence-electron chi connectivity index (χ4n) is 1.79. The molecule has 7 nitrogen and oxygen atoms in total. The summed E-state index contributed by atoms with van der Waals surface area (Å²) < 4.78 is 4.95. The van der Waals surface area contributed by atoms with E-state index < -0.39 is 11.8 Å². The molecule has 130 valence electrons. The second kappa shape index (κ2) is 8.36. The minimum Gasteiger partial charge on any atom is -0.504 e. The summed E-state index contributed by atoms with van der Waals surface area (Å²) in [5.41, 5.74) is 2.54. The van der Waals surface area contributed by atoms with E-state index in [1.54, 1.807) is 24.3 Å². The Hall–Kier alpha value is -2.77. The minimum atomic E-state index is -1.02. The maximum absolute atomic E-state index is 11.8. The Morgan fingerprint density at radius 1 is 1.20 bits per heavy atom. The van der Waals surface area contributed by atoms with Gasteiger partial charge in [-0.25, -0.2) is 5.43 Å². The molecule has 0 aliphatic carbocycles. The summed E-state index contributed by atoms with van der Waals surface area (Å²) in [7, 11) is 1.41. The smallest absolute Gasteiger partial charge is 0.329 e. The number of anilines is 1. The van der Waals surface area contributed by atoms with Gasteiger partial charge in [0.05, 0.1) is 24.0 Å². The molecule has 25 heavy (non-hydrogen) atoms. The average molecular weight is 382 g/mol. The van der Waals surface area contributed by atoms with E-state index in [9.17, 15) is 14.7 Å². The number of nitrogens with one attached hydrogen (secondary N) is 2. The van der Waals surface area contributed by atoms with E-state index in [1.165, 1.54) is 25.5 Å². The molecule has 0 bridgehead atoms. The molecule has 2 aromatic carbocycles. The molecule has 2 amide bonds. The molecule has 9 heteroatoms. The topological polar surface area (TPSA) is 100 Å². The van der Waals surface area contributed by atoms with Crippen molar-refractivity contribution < 1.29 is 19.4 Å². The predicted octanol–water partition coefficient (Wildman–Crippen LogP) is 2.80. The maximum atomic E-state index is 11.8. The van der Waals surface area contributed by atoms with Gasteiger partial charge >= 0.3 is 11.8 Å². The molecule has 0 aliphatic rings. The third-order valence-electron chi connectivity index (χ3n) is 3.00. The molecule has 0 aliphatic heterocycles. The summed E-state index contributed by atoms with van der Waals surface area (Å²) in [6.45, 7) is 0. The second-order valence-electron chi connectivity index (χ2n) is 4.68. The number of aromatic hydroxyl groups is 1. The van der Waals surface area contributed by atoms with E-state index >= 15 is 0 Å². The number of hydrogen-bond acceptors (Lipinski definition) is 5. The van der Waals surface area contributed by atoms with E-state index in [4.69, 9.17) is 27.9 Å². The van der Waals surface area contributed by atoms with Crippen LogP contribution in [0.3, 0.4) is 0 Å². The van der Waals surface area contributed by atoms with E-state index in [0.717, 1.165) is 0 Å². The van der Waals surface area contributed by atoms with Gasteiger partial charge in [0.25, 0.3) is 0 Å². The van der Waals surface area contributed by atoms with E-state index in [2.05, 4.69) is 10.4 Å². The maximum Gasteiger partial charge on any atom is 0.329 e. The van der Waals surface area contributed by atoms with Crippen LogP contribution in [0.2, 0.25) is 10.0 Å².